The fraction of sp³-hybridized carbons (Fsp3) is 0.250. The summed E-state index contributed by atoms with van der Waals surface area (Å²) in [6.07, 6.45) is 1.50. The molecule has 6 heteroatoms. The van der Waals surface area contributed by atoms with Gasteiger partial charge in [0.05, 0.1) is 6.61 Å². The molecule has 0 aliphatic carbocycles. The number of ether oxygens (including phenoxy) is 2. The number of hydrogen-bond donors (Lipinski definition) is 0. The number of carbonyl (C=O) groups excluding carboxylic acids is 1. The van der Waals surface area contributed by atoms with Crippen molar-refractivity contribution in [3.8, 4) is 5.75 Å². The van der Waals surface area contributed by atoms with Crippen molar-refractivity contribution in [2.75, 3.05) is 13.2 Å². The summed E-state index contributed by atoms with van der Waals surface area (Å²) in [5, 5.41) is 1.12. The third kappa shape index (κ3) is 2.38. The van der Waals surface area contributed by atoms with Crippen molar-refractivity contribution < 1.29 is 22.7 Å². The first-order valence-corrected chi connectivity index (χ1v) is 6.94. The Bertz CT molecular complexity index is 601. The van der Waals surface area contributed by atoms with Gasteiger partial charge in [-0.05, 0) is 24.6 Å². The normalized spacial score (nSPS) is 15.2. The van der Waals surface area contributed by atoms with Crippen molar-refractivity contribution in [2.24, 2.45) is 0 Å². The number of carbonyl (C=O) groups is 1. The van der Waals surface area contributed by atoms with Crippen LogP contribution in [0, 0.1) is 0 Å². The topological polar surface area (TPSA) is 69.7 Å². The molecule has 0 unspecified atom stereocenters. The van der Waals surface area contributed by atoms with E-state index in [2.05, 4.69) is 0 Å². The number of benzene rings is 1. The van der Waals surface area contributed by atoms with Crippen LogP contribution in [0.4, 0.5) is 0 Å². The molecule has 0 spiro atoms. The zero-order valence-corrected chi connectivity index (χ0v) is 10.6. The van der Waals surface area contributed by atoms with Crippen LogP contribution in [0.5, 0.6) is 5.75 Å². The van der Waals surface area contributed by atoms with Crippen LogP contribution >= 0.6 is 0 Å². The molecular formula is C12H12O5S. The van der Waals surface area contributed by atoms with Gasteiger partial charge >= 0.3 is 5.97 Å². The van der Waals surface area contributed by atoms with E-state index >= 15 is 0 Å². The summed E-state index contributed by atoms with van der Waals surface area (Å²) >= 11 is 0. The minimum atomic E-state index is -3.45. The minimum absolute atomic E-state index is 0.106. The fourth-order valence-corrected chi connectivity index (χ4v) is 2.99. The van der Waals surface area contributed by atoms with Gasteiger partial charge in [0, 0.05) is 5.41 Å². The lowest BCUT2D eigenvalue weighted by molar-refractivity contribution is -0.145. The van der Waals surface area contributed by atoms with E-state index in [0.29, 0.717) is 5.56 Å². The van der Waals surface area contributed by atoms with Crippen LogP contribution in [0.25, 0.3) is 6.08 Å². The summed E-state index contributed by atoms with van der Waals surface area (Å²) in [6, 6.07) is 4.86. The second-order valence-electron chi connectivity index (χ2n) is 3.62. The molecule has 5 nitrogen and oxygen atoms in total. The van der Waals surface area contributed by atoms with E-state index in [1.807, 2.05) is 0 Å². The summed E-state index contributed by atoms with van der Waals surface area (Å²) in [7, 11) is -3.45. The van der Waals surface area contributed by atoms with Gasteiger partial charge in [0.15, 0.2) is 6.61 Å². The van der Waals surface area contributed by atoms with Gasteiger partial charge in [-0.3, -0.25) is 0 Å². The van der Waals surface area contributed by atoms with Crippen molar-refractivity contribution in [2.45, 2.75) is 11.8 Å². The maximum atomic E-state index is 11.8. The Hall–Kier alpha value is -1.82. The molecule has 0 saturated carbocycles. The Morgan fingerprint density at radius 3 is 2.83 bits per heavy atom. The van der Waals surface area contributed by atoms with E-state index in [-0.39, 0.29) is 23.9 Å². The Labute approximate surface area is 105 Å². The lowest BCUT2D eigenvalue weighted by Crippen LogP contribution is -2.15. The van der Waals surface area contributed by atoms with E-state index < -0.39 is 15.8 Å². The first kappa shape index (κ1) is 12.6. The van der Waals surface area contributed by atoms with Crippen LogP contribution in [0.3, 0.4) is 0 Å². The van der Waals surface area contributed by atoms with Crippen molar-refractivity contribution in [1.29, 1.82) is 0 Å². The maximum Gasteiger partial charge on any atom is 0.344 e. The minimum Gasteiger partial charge on any atom is -0.481 e. The monoisotopic (exact) mass is 268 g/mol. The molecule has 0 saturated heterocycles. The summed E-state index contributed by atoms with van der Waals surface area (Å²) in [5.74, 6) is -0.357. The van der Waals surface area contributed by atoms with Crippen LogP contribution in [-0.2, 0) is 19.4 Å². The number of hydrogen-bond acceptors (Lipinski definition) is 5. The quantitative estimate of drug-likeness (QED) is 0.772. The van der Waals surface area contributed by atoms with Crippen molar-refractivity contribution in [1.82, 2.24) is 0 Å². The Kier molecular flexibility index (Phi) is 3.38. The van der Waals surface area contributed by atoms with Crippen molar-refractivity contribution >= 4 is 21.9 Å². The predicted octanol–water partition coefficient (Wildman–Crippen LogP) is 1.39. The average molecular weight is 268 g/mol. The standard InChI is InChI=1S/C12H12O5S/c1-2-16-11(13)8-17-10-5-3-4-9-6-7-18(14,15)12(9)10/h3-7H,2,8H2,1H3. The molecule has 18 heavy (non-hydrogen) atoms. The summed E-state index contributed by atoms with van der Waals surface area (Å²) in [6.45, 7) is 1.64. The van der Waals surface area contributed by atoms with E-state index in [1.165, 1.54) is 12.1 Å². The van der Waals surface area contributed by atoms with E-state index in [4.69, 9.17) is 9.47 Å². The molecule has 1 heterocycles. The summed E-state index contributed by atoms with van der Waals surface area (Å²) in [5.41, 5.74) is 0.566. The van der Waals surface area contributed by atoms with Gasteiger partial charge in [0.2, 0.25) is 9.84 Å². The smallest absolute Gasteiger partial charge is 0.344 e. The number of fused-ring (bicyclic) bond motifs is 1. The highest BCUT2D eigenvalue weighted by Crippen LogP contribution is 2.34. The van der Waals surface area contributed by atoms with E-state index in [1.54, 1.807) is 19.1 Å². The molecule has 0 N–H and O–H groups in total. The molecule has 1 aliphatic heterocycles. The molecule has 1 aliphatic rings. The van der Waals surface area contributed by atoms with Crippen molar-refractivity contribution in [3.05, 3.63) is 29.2 Å². The SMILES string of the molecule is CCOC(=O)COc1cccc2c1S(=O)(=O)C=C2. The van der Waals surface area contributed by atoms with Gasteiger partial charge in [-0.15, -0.1) is 0 Å². The molecule has 0 aromatic heterocycles. The molecule has 0 bridgehead atoms. The third-order valence-electron chi connectivity index (χ3n) is 2.37. The van der Waals surface area contributed by atoms with E-state index in [0.717, 1.165) is 5.41 Å². The van der Waals surface area contributed by atoms with Gasteiger partial charge in [-0.1, -0.05) is 12.1 Å². The summed E-state index contributed by atoms with van der Waals surface area (Å²) < 4.78 is 33.4. The van der Waals surface area contributed by atoms with Crippen LogP contribution in [0.15, 0.2) is 28.5 Å². The zero-order chi connectivity index (χ0) is 13.2. The van der Waals surface area contributed by atoms with Crippen LogP contribution in [-0.4, -0.2) is 27.6 Å². The lowest BCUT2D eigenvalue weighted by atomic mass is 10.2. The van der Waals surface area contributed by atoms with Gasteiger partial charge in [-0.2, -0.15) is 0 Å². The second-order valence-corrected chi connectivity index (χ2v) is 5.39. The lowest BCUT2D eigenvalue weighted by Gasteiger charge is -2.09. The van der Waals surface area contributed by atoms with Gasteiger partial charge in [0.1, 0.15) is 10.6 Å². The Morgan fingerprint density at radius 1 is 1.33 bits per heavy atom. The maximum absolute atomic E-state index is 11.8. The Balaban J connectivity index is 2.22. The first-order chi connectivity index (χ1) is 8.54. The van der Waals surface area contributed by atoms with Crippen LogP contribution in [0.2, 0.25) is 0 Å². The molecule has 0 amide bonds. The fourth-order valence-electron chi connectivity index (χ4n) is 1.65. The molecule has 1 aromatic rings. The highest BCUT2D eigenvalue weighted by molar-refractivity contribution is 7.95. The summed E-state index contributed by atoms with van der Waals surface area (Å²) in [4.78, 5) is 11.3. The number of sulfone groups is 1. The number of esters is 1. The number of rotatable bonds is 4. The van der Waals surface area contributed by atoms with Gasteiger partial charge in [-0.25, -0.2) is 13.2 Å². The molecule has 96 valence electrons. The molecular weight excluding hydrogens is 256 g/mol. The zero-order valence-electron chi connectivity index (χ0n) is 9.75. The second kappa shape index (κ2) is 4.81. The van der Waals surface area contributed by atoms with E-state index in [9.17, 15) is 13.2 Å². The van der Waals surface area contributed by atoms with Gasteiger partial charge < -0.3 is 9.47 Å². The average Bonchev–Trinajstić information content (AvgIpc) is 2.64. The van der Waals surface area contributed by atoms with Gasteiger partial charge in [0.25, 0.3) is 0 Å². The molecule has 2 rings (SSSR count). The van der Waals surface area contributed by atoms with Crippen molar-refractivity contribution in [3.63, 3.8) is 0 Å². The Morgan fingerprint density at radius 2 is 2.11 bits per heavy atom. The van der Waals surface area contributed by atoms with Crippen LogP contribution < -0.4 is 4.74 Å². The highest BCUT2D eigenvalue weighted by Gasteiger charge is 2.25. The first-order valence-electron chi connectivity index (χ1n) is 5.39. The highest BCUT2D eigenvalue weighted by atomic mass is 32.2. The third-order valence-corrected chi connectivity index (χ3v) is 3.87. The van der Waals surface area contributed by atoms with Crippen LogP contribution in [0.1, 0.15) is 12.5 Å². The molecule has 1 aromatic carbocycles. The largest absolute Gasteiger partial charge is 0.481 e. The molecule has 0 atom stereocenters. The molecule has 0 radical (unpaired) electrons. The molecule has 0 fully saturated rings. The predicted molar refractivity (Wildman–Crippen MR) is 64.8 cm³/mol.